The van der Waals surface area contributed by atoms with Gasteiger partial charge in [0.05, 0.1) is 11.3 Å². The van der Waals surface area contributed by atoms with Gasteiger partial charge in [0.1, 0.15) is 6.07 Å². The predicted molar refractivity (Wildman–Crippen MR) is 88.1 cm³/mol. The van der Waals surface area contributed by atoms with E-state index < -0.39 is 0 Å². The van der Waals surface area contributed by atoms with Crippen molar-refractivity contribution in [2.45, 2.75) is 17.9 Å². The lowest BCUT2D eigenvalue weighted by Crippen LogP contribution is -2.24. The first-order chi connectivity index (χ1) is 10.3. The number of hydrogen-bond acceptors (Lipinski definition) is 4. The first kappa shape index (κ1) is 14.0. The third kappa shape index (κ3) is 2.76. The molecule has 1 aliphatic heterocycles. The molecule has 0 unspecified atom stereocenters. The summed E-state index contributed by atoms with van der Waals surface area (Å²) in [4.78, 5) is 1.01. The third-order valence-corrected chi connectivity index (χ3v) is 4.55. The number of fused-ring (bicyclic) bond motifs is 1. The first-order valence-electron chi connectivity index (χ1n) is 6.99. The van der Waals surface area contributed by atoms with Gasteiger partial charge in [-0.25, -0.2) is 0 Å². The molecule has 21 heavy (non-hydrogen) atoms. The number of rotatable bonds is 3. The highest BCUT2D eigenvalue weighted by atomic mass is 32.2. The summed E-state index contributed by atoms with van der Waals surface area (Å²) in [5, 5.41) is 16.3. The van der Waals surface area contributed by atoms with Crippen molar-refractivity contribution in [3.8, 4) is 6.07 Å². The standard InChI is InChI=1S/C17H17N3S/c1-21-17-7-3-6-16(14(17)10-18)20-15-5-2-4-12-11-19-9-8-13(12)15/h2-7,19-20H,8-9,11H2,1H3. The van der Waals surface area contributed by atoms with E-state index in [1.54, 1.807) is 11.8 Å². The second-order valence-corrected chi connectivity index (χ2v) is 5.84. The van der Waals surface area contributed by atoms with Gasteiger partial charge in [0.2, 0.25) is 0 Å². The van der Waals surface area contributed by atoms with E-state index in [-0.39, 0.29) is 0 Å². The molecule has 0 spiro atoms. The van der Waals surface area contributed by atoms with E-state index in [9.17, 15) is 5.26 Å². The van der Waals surface area contributed by atoms with Crippen LogP contribution in [0, 0.1) is 11.3 Å². The zero-order valence-electron chi connectivity index (χ0n) is 11.9. The van der Waals surface area contributed by atoms with Crippen molar-refractivity contribution in [2.75, 3.05) is 18.1 Å². The van der Waals surface area contributed by atoms with E-state index in [1.807, 2.05) is 24.5 Å². The topological polar surface area (TPSA) is 47.8 Å². The molecule has 0 radical (unpaired) electrons. The Morgan fingerprint density at radius 3 is 2.81 bits per heavy atom. The highest BCUT2D eigenvalue weighted by molar-refractivity contribution is 7.98. The van der Waals surface area contributed by atoms with Crippen molar-refractivity contribution in [1.29, 1.82) is 5.26 Å². The normalized spacial score (nSPS) is 13.3. The summed E-state index contributed by atoms with van der Waals surface area (Å²) in [6.45, 7) is 1.92. The minimum atomic E-state index is 0.719. The number of thioether (sulfide) groups is 1. The fourth-order valence-electron chi connectivity index (χ4n) is 2.71. The van der Waals surface area contributed by atoms with Gasteiger partial charge in [-0.2, -0.15) is 5.26 Å². The summed E-state index contributed by atoms with van der Waals surface area (Å²) in [6.07, 6.45) is 3.01. The number of nitrogens with zero attached hydrogens (tertiary/aromatic N) is 1. The molecule has 0 saturated carbocycles. The van der Waals surface area contributed by atoms with Crippen molar-refractivity contribution >= 4 is 23.1 Å². The number of benzene rings is 2. The molecule has 0 amide bonds. The lowest BCUT2D eigenvalue weighted by Gasteiger charge is -2.21. The molecule has 0 aliphatic carbocycles. The first-order valence-corrected chi connectivity index (χ1v) is 8.21. The molecule has 0 saturated heterocycles. The fraction of sp³-hybridized carbons (Fsp3) is 0.235. The third-order valence-electron chi connectivity index (χ3n) is 3.77. The highest BCUT2D eigenvalue weighted by Crippen LogP contribution is 2.31. The summed E-state index contributed by atoms with van der Waals surface area (Å²) >= 11 is 1.60. The van der Waals surface area contributed by atoms with Crippen molar-refractivity contribution < 1.29 is 0 Å². The molecule has 0 atom stereocenters. The summed E-state index contributed by atoms with van der Waals surface area (Å²) in [6, 6.07) is 14.6. The maximum atomic E-state index is 9.43. The number of hydrogen-bond donors (Lipinski definition) is 2. The van der Waals surface area contributed by atoms with Gasteiger partial charge in [0.25, 0.3) is 0 Å². The van der Waals surface area contributed by atoms with E-state index in [1.165, 1.54) is 11.1 Å². The summed E-state index contributed by atoms with van der Waals surface area (Å²) in [5.41, 5.74) is 5.41. The average molecular weight is 295 g/mol. The maximum Gasteiger partial charge on any atom is 0.103 e. The Balaban J connectivity index is 2.00. The Kier molecular flexibility index (Phi) is 4.14. The lowest BCUT2D eigenvalue weighted by molar-refractivity contribution is 0.645. The second kappa shape index (κ2) is 6.21. The van der Waals surface area contributed by atoms with Crippen LogP contribution in [0.5, 0.6) is 0 Å². The molecule has 2 aromatic rings. The Labute approximate surface area is 129 Å². The van der Waals surface area contributed by atoms with Crippen LogP contribution in [0.1, 0.15) is 16.7 Å². The molecule has 0 aromatic heterocycles. The summed E-state index contributed by atoms with van der Waals surface area (Å²) in [7, 11) is 0. The largest absolute Gasteiger partial charge is 0.354 e. The average Bonchev–Trinajstić information content (AvgIpc) is 2.55. The molecule has 106 valence electrons. The minimum absolute atomic E-state index is 0.719. The zero-order valence-corrected chi connectivity index (χ0v) is 12.8. The van der Waals surface area contributed by atoms with Crippen LogP contribution in [0.25, 0.3) is 0 Å². The quantitative estimate of drug-likeness (QED) is 0.848. The van der Waals surface area contributed by atoms with E-state index >= 15 is 0 Å². The molecule has 2 N–H and O–H groups in total. The van der Waals surface area contributed by atoms with Gasteiger partial charge in [-0.1, -0.05) is 18.2 Å². The Morgan fingerprint density at radius 2 is 2.00 bits per heavy atom. The molecule has 3 nitrogen and oxygen atoms in total. The Hall–Kier alpha value is -1.96. The molecule has 2 aromatic carbocycles. The molecule has 4 heteroatoms. The van der Waals surface area contributed by atoms with Crippen LogP contribution < -0.4 is 10.6 Å². The smallest absolute Gasteiger partial charge is 0.103 e. The SMILES string of the molecule is CSc1cccc(Nc2cccc3c2CCNC3)c1C#N. The Morgan fingerprint density at radius 1 is 1.19 bits per heavy atom. The van der Waals surface area contributed by atoms with Gasteiger partial charge in [0, 0.05) is 17.1 Å². The van der Waals surface area contributed by atoms with Crippen LogP contribution in [0.15, 0.2) is 41.3 Å². The summed E-state index contributed by atoms with van der Waals surface area (Å²) in [5.74, 6) is 0. The van der Waals surface area contributed by atoms with Gasteiger partial charge in [0.15, 0.2) is 0 Å². The van der Waals surface area contributed by atoms with Gasteiger partial charge in [-0.05, 0) is 48.5 Å². The fourth-order valence-corrected chi connectivity index (χ4v) is 3.29. The van der Waals surface area contributed by atoms with Crippen LogP contribution in [-0.4, -0.2) is 12.8 Å². The molecule has 0 bridgehead atoms. The number of anilines is 2. The molecular formula is C17H17N3S. The van der Waals surface area contributed by atoms with E-state index in [0.29, 0.717) is 0 Å². The van der Waals surface area contributed by atoms with Crippen molar-refractivity contribution in [3.63, 3.8) is 0 Å². The van der Waals surface area contributed by atoms with Crippen molar-refractivity contribution in [3.05, 3.63) is 53.1 Å². The highest BCUT2D eigenvalue weighted by Gasteiger charge is 2.14. The molecular weight excluding hydrogens is 278 g/mol. The van der Waals surface area contributed by atoms with E-state index in [0.717, 1.165) is 41.3 Å². The van der Waals surface area contributed by atoms with Crippen LogP contribution in [-0.2, 0) is 13.0 Å². The lowest BCUT2D eigenvalue weighted by atomic mass is 9.98. The van der Waals surface area contributed by atoms with E-state index in [2.05, 4.69) is 34.9 Å². The van der Waals surface area contributed by atoms with Crippen molar-refractivity contribution in [1.82, 2.24) is 5.32 Å². The van der Waals surface area contributed by atoms with Crippen molar-refractivity contribution in [2.24, 2.45) is 0 Å². The zero-order chi connectivity index (χ0) is 14.7. The number of nitrogens with one attached hydrogen (secondary N) is 2. The Bertz CT molecular complexity index is 704. The van der Waals surface area contributed by atoms with E-state index in [4.69, 9.17) is 0 Å². The monoisotopic (exact) mass is 295 g/mol. The van der Waals surface area contributed by atoms with Gasteiger partial charge < -0.3 is 10.6 Å². The van der Waals surface area contributed by atoms with Crippen LogP contribution in [0.3, 0.4) is 0 Å². The summed E-state index contributed by atoms with van der Waals surface area (Å²) < 4.78 is 0. The molecule has 1 heterocycles. The molecule has 0 fully saturated rings. The minimum Gasteiger partial charge on any atom is -0.354 e. The molecule has 3 rings (SSSR count). The van der Waals surface area contributed by atoms with Crippen LogP contribution in [0.2, 0.25) is 0 Å². The van der Waals surface area contributed by atoms with Crippen LogP contribution in [0.4, 0.5) is 11.4 Å². The number of nitriles is 1. The molecule has 1 aliphatic rings. The van der Waals surface area contributed by atoms with Crippen LogP contribution >= 0.6 is 11.8 Å². The van der Waals surface area contributed by atoms with Gasteiger partial charge in [-0.3, -0.25) is 0 Å². The van der Waals surface area contributed by atoms with Gasteiger partial charge in [-0.15, -0.1) is 11.8 Å². The second-order valence-electron chi connectivity index (χ2n) is 4.99. The van der Waals surface area contributed by atoms with Gasteiger partial charge >= 0.3 is 0 Å². The maximum absolute atomic E-state index is 9.43. The predicted octanol–water partition coefficient (Wildman–Crippen LogP) is 3.67.